The number of nitrogens with two attached hydrogens (primary N) is 1. The minimum absolute atomic E-state index is 0.178. The van der Waals surface area contributed by atoms with Crippen LogP contribution in [0.2, 0.25) is 0 Å². The summed E-state index contributed by atoms with van der Waals surface area (Å²) < 4.78 is 5.23. The summed E-state index contributed by atoms with van der Waals surface area (Å²) in [4.78, 5) is 11.1. The highest BCUT2D eigenvalue weighted by atomic mass is 16.5. The zero-order valence-corrected chi connectivity index (χ0v) is 11.0. The summed E-state index contributed by atoms with van der Waals surface area (Å²) in [6, 6.07) is 6.03. The Bertz CT molecular complexity index is 399. The molecule has 0 aromatic heterocycles. The van der Waals surface area contributed by atoms with Crippen molar-refractivity contribution in [3.63, 3.8) is 0 Å². The van der Waals surface area contributed by atoms with Crippen molar-refractivity contribution < 1.29 is 9.53 Å². The number of ether oxygens (including phenoxy) is 1. The highest BCUT2D eigenvalue weighted by Gasteiger charge is 2.18. The summed E-state index contributed by atoms with van der Waals surface area (Å²) in [6.07, 6.45) is 0.392. The van der Waals surface area contributed by atoms with Gasteiger partial charge in [0.15, 0.2) is 0 Å². The van der Waals surface area contributed by atoms with Crippen LogP contribution in [-0.2, 0) is 4.79 Å². The summed E-state index contributed by atoms with van der Waals surface area (Å²) in [7, 11) is 1.66. The molecule has 0 heterocycles. The molecular weight excluding hydrogens is 214 g/mol. The molecule has 0 aliphatic heterocycles. The van der Waals surface area contributed by atoms with Gasteiger partial charge in [-0.05, 0) is 36.0 Å². The molecule has 0 radical (unpaired) electrons. The van der Waals surface area contributed by atoms with Crippen LogP contribution in [0.5, 0.6) is 5.75 Å². The zero-order valence-electron chi connectivity index (χ0n) is 11.0. The molecule has 1 amide bonds. The highest BCUT2D eigenvalue weighted by Crippen LogP contribution is 2.30. The van der Waals surface area contributed by atoms with Crippen LogP contribution >= 0.6 is 0 Å². The summed E-state index contributed by atoms with van der Waals surface area (Å²) in [5, 5.41) is 0. The van der Waals surface area contributed by atoms with Gasteiger partial charge in [0.1, 0.15) is 5.75 Å². The fraction of sp³-hybridized carbons (Fsp3) is 0.500. The van der Waals surface area contributed by atoms with Crippen molar-refractivity contribution in [1.82, 2.24) is 0 Å². The lowest BCUT2D eigenvalue weighted by Crippen LogP contribution is -2.18. The number of carbonyl (C=O) groups excluding carboxylic acids is 1. The number of aryl methyl sites for hydroxylation is 1. The molecule has 94 valence electrons. The molecule has 2 N–H and O–H groups in total. The van der Waals surface area contributed by atoms with Crippen molar-refractivity contribution in [2.45, 2.75) is 33.1 Å². The Kier molecular flexibility index (Phi) is 4.55. The maximum Gasteiger partial charge on any atom is 0.218 e. The van der Waals surface area contributed by atoms with Gasteiger partial charge in [-0.3, -0.25) is 4.79 Å². The van der Waals surface area contributed by atoms with Gasteiger partial charge in [0.25, 0.3) is 0 Å². The second kappa shape index (κ2) is 5.71. The summed E-state index contributed by atoms with van der Waals surface area (Å²) in [5.74, 6) is 1.18. The molecule has 1 atom stereocenters. The molecule has 0 saturated carbocycles. The fourth-order valence-electron chi connectivity index (χ4n) is 2.09. The second-order valence-corrected chi connectivity index (χ2v) is 4.75. The first-order valence-corrected chi connectivity index (χ1v) is 5.88. The maximum absolute atomic E-state index is 11.1. The van der Waals surface area contributed by atoms with Crippen LogP contribution in [-0.4, -0.2) is 13.0 Å². The molecule has 0 unspecified atom stereocenters. The van der Waals surface area contributed by atoms with Gasteiger partial charge >= 0.3 is 0 Å². The lowest BCUT2D eigenvalue weighted by molar-refractivity contribution is -0.118. The van der Waals surface area contributed by atoms with Crippen molar-refractivity contribution in [1.29, 1.82) is 0 Å². The average molecular weight is 235 g/mol. The number of benzene rings is 1. The van der Waals surface area contributed by atoms with Gasteiger partial charge in [-0.1, -0.05) is 26.0 Å². The molecule has 0 aliphatic carbocycles. The predicted octanol–water partition coefficient (Wildman–Crippen LogP) is 2.62. The van der Waals surface area contributed by atoms with Crippen LogP contribution in [0.25, 0.3) is 0 Å². The van der Waals surface area contributed by atoms with Crippen LogP contribution in [0.15, 0.2) is 18.2 Å². The molecule has 0 aliphatic rings. The van der Waals surface area contributed by atoms with Crippen LogP contribution < -0.4 is 10.5 Å². The van der Waals surface area contributed by atoms with Crippen LogP contribution in [0.1, 0.15) is 37.3 Å². The Hall–Kier alpha value is -1.51. The van der Waals surface area contributed by atoms with Crippen molar-refractivity contribution in [3.8, 4) is 5.75 Å². The molecule has 3 nitrogen and oxygen atoms in total. The smallest absolute Gasteiger partial charge is 0.218 e. The standard InChI is InChI=1S/C14H21NO2/c1-9(2)12(8-14(15)16)11-5-6-13(17-4)10(3)7-11/h5-7,9,12H,8H2,1-4H3,(H2,15,16)/t12-/m0/s1. The molecule has 3 heteroatoms. The van der Waals surface area contributed by atoms with E-state index in [0.29, 0.717) is 12.3 Å². The van der Waals surface area contributed by atoms with Gasteiger partial charge < -0.3 is 10.5 Å². The molecule has 0 saturated heterocycles. The summed E-state index contributed by atoms with van der Waals surface area (Å²) in [6.45, 7) is 6.21. The van der Waals surface area contributed by atoms with E-state index in [2.05, 4.69) is 19.9 Å². The molecule has 1 aromatic carbocycles. The van der Waals surface area contributed by atoms with E-state index in [-0.39, 0.29) is 11.8 Å². The SMILES string of the molecule is COc1ccc([C@@H](CC(N)=O)C(C)C)cc1C. The van der Waals surface area contributed by atoms with E-state index < -0.39 is 0 Å². The first-order valence-electron chi connectivity index (χ1n) is 5.88. The number of rotatable bonds is 5. The molecule has 1 aromatic rings. The Balaban J connectivity index is 3.02. The van der Waals surface area contributed by atoms with Crippen molar-refractivity contribution in [3.05, 3.63) is 29.3 Å². The van der Waals surface area contributed by atoms with Crippen molar-refractivity contribution in [2.75, 3.05) is 7.11 Å². The largest absolute Gasteiger partial charge is 0.496 e. The van der Waals surface area contributed by atoms with Gasteiger partial charge in [0.05, 0.1) is 7.11 Å². The van der Waals surface area contributed by atoms with E-state index in [1.807, 2.05) is 19.1 Å². The average Bonchev–Trinajstić information content (AvgIpc) is 2.25. The van der Waals surface area contributed by atoms with E-state index in [4.69, 9.17) is 10.5 Å². The van der Waals surface area contributed by atoms with E-state index >= 15 is 0 Å². The monoisotopic (exact) mass is 235 g/mol. The van der Waals surface area contributed by atoms with Gasteiger partial charge in [-0.2, -0.15) is 0 Å². The van der Waals surface area contributed by atoms with E-state index in [0.717, 1.165) is 16.9 Å². The minimum atomic E-state index is -0.253. The Morgan fingerprint density at radius 1 is 1.41 bits per heavy atom. The zero-order chi connectivity index (χ0) is 13.0. The Morgan fingerprint density at radius 2 is 2.06 bits per heavy atom. The molecule has 17 heavy (non-hydrogen) atoms. The molecular formula is C14H21NO2. The number of methoxy groups -OCH3 is 1. The van der Waals surface area contributed by atoms with E-state index in [1.54, 1.807) is 7.11 Å². The molecule has 0 fully saturated rings. The fourth-order valence-corrected chi connectivity index (χ4v) is 2.09. The Labute approximate surface area is 103 Å². The first-order chi connectivity index (χ1) is 7.95. The molecule has 0 spiro atoms. The van der Waals surface area contributed by atoms with Gasteiger partial charge in [0.2, 0.25) is 5.91 Å². The van der Waals surface area contributed by atoms with E-state index in [9.17, 15) is 4.79 Å². The lowest BCUT2D eigenvalue weighted by atomic mass is 9.85. The lowest BCUT2D eigenvalue weighted by Gasteiger charge is -2.21. The normalized spacial score (nSPS) is 12.5. The number of primary amides is 1. The maximum atomic E-state index is 11.1. The third-order valence-corrected chi connectivity index (χ3v) is 3.07. The van der Waals surface area contributed by atoms with Crippen molar-refractivity contribution >= 4 is 5.91 Å². The number of hydrogen-bond donors (Lipinski definition) is 1. The highest BCUT2D eigenvalue weighted by molar-refractivity contribution is 5.74. The first kappa shape index (κ1) is 13.6. The minimum Gasteiger partial charge on any atom is -0.496 e. The van der Waals surface area contributed by atoms with Crippen LogP contribution in [0.4, 0.5) is 0 Å². The van der Waals surface area contributed by atoms with Gasteiger partial charge in [-0.15, -0.1) is 0 Å². The predicted molar refractivity (Wildman–Crippen MR) is 69.1 cm³/mol. The third-order valence-electron chi connectivity index (χ3n) is 3.07. The van der Waals surface area contributed by atoms with Crippen LogP contribution in [0.3, 0.4) is 0 Å². The quantitative estimate of drug-likeness (QED) is 0.853. The van der Waals surface area contributed by atoms with Gasteiger partial charge in [0, 0.05) is 6.42 Å². The summed E-state index contributed by atoms with van der Waals surface area (Å²) in [5.41, 5.74) is 7.53. The second-order valence-electron chi connectivity index (χ2n) is 4.75. The molecule has 0 bridgehead atoms. The van der Waals surface area contributed by atoms with Crippen molar-refractivity contribution in [2.24, 2.45) is 11.7 Å². The number of carbonyl (C=O) groups is 1. The van der Waals surface area contributed by atoms with Crippen LogP contribution in [0, 0.1) is 12.8 Å². The number of hydrogen-bond acceptors (Lipinski definition) is 2. The summed E-state index contributed by atoms with van der Waals surface area (Å²) >= 11 is 0. The molecule has 1 rings (SSSR count). The van der Waals surface area contributed by atoms with E-state index in [1.165, 1.54) is 0 Å². The third kappa shape index (κ3) is 3.48. The number of amides is 1. The Morgan fingerprint density at radius 3 is 2.47 bits per heavy atom. The topological polar surface area (TPSA) is 52.3 Å². The van der Waals surface area contributed by atoms with Gasteiger partial charge in [-0.25, -0.2) is 0 Å².